The van der Waals surface area contributed by atoms with E-state index in [1.807, 2.05) is 20.0 Å². The SMILES string of the molecule is CNCc1cc(S(=O)(=O)NCc2ccncc2C)c(Br)s1. The van der Waals surface area contributed by atoms with Gasteiger partial charge in [0.05, 0.1) is 3.79 Å². The zero-order valence-corrected chi connectivity index (χ0v) is 14.9. The van der Waals surface area contributed by atoms with Crippen molar-refractivity contribution in [3.8, 4) is 0 Å². The maximum atomic E-state index is 12.4. The highest BCUT2D eigenvalue weighted by molar-refractivity contribution is 9.11. The van der Waals surface area contributed by atoms with Gasteiger partial charge < -0.3 is 5.32 Å². The minimum absolute atomic E-state index is 0.250. The lowest BCUT2D eigenvalue weighted by Crippen LogP contribution is -2.23. The van der Waals surface area contributed by atoms with Gasteiger partial charge in [-0.1, -0.05) is 0 Å². The molecule has 0 unspecified atom stereocenters. The van der Waals surface area contributed by atoms with Crippen LogP contribution in [0, 0.1) is 6.92 Å². The van der Waals surface area contributed by atoms with Gasteiger partial charge in [-0.15, -0.1) is 11.3 Å². The van der Waals surface area contributed by atoms with Gasteiger partial charge >= 0.3 is 0 Å². The lowest BCUT2D eigenvalue weighted by atomic mass is 10.2. The molecule has 0 fully saturated rings. The van der Waals surface area contributed by atoms with Crippen LogP contribution < -0.4 is 10.0 Å². The largest absolute Gasteiger partial charge is 0.315 e. The monoisotopic (exact) mass is 389 g/mol. The summed E-state index contributed by atoms with van der Waals surface area (Å²) < 4.78 is 28.0. The van der Waals surface area contributed by atoms with Crippen LogP contribution in [0.1, 0.15) is 16.0 Å². The van der Waals surface area contributed by atoms with Gasteiger partial charge in [-0.05, 0) is 53.2 Å². The molecule has 0 bridgehead atoms. The summed E-state index contributed by atoms with van der Waals surface area (Å²) in [6.45, 7) is 2.80. The number of aromatic nitrogens is 1. The molecule has 0 radical (unpaired) electrons. The molecule has 8 heteroatoms. The average molecular weight is 390 g/mol. The van der Waals surface area contributed by atoms with Crippen LogP contribution in [0.25, 0.3) is 0 Å². The number of thiophene rings is 1. The molecule has 2 N–H and O–H groups in total. The first-order chi connectivity index (χ1) is 9.94. The number of rotatable bonds is 6. The van der Waals surface area contributed by atoms with Gasteiger partial charge in [-0.25, -0.2) is 13.1 Å². The van der Waals surface area contributed by atoms with Gasteiger partial charge in [-0.2, -0.15) is 0 Å². The third-order valence-electron chi connectivity index (χ3n) is 2.94. The first-order valence-electron chi connectivity index (χ1n) is 6.26. The fraction of sp³-hybridized carbons (Fsp3) is 0.308. The van der Waals surface area contributed by atoms with Crippen LogP contribution in [-0.4, -0.2) is 20.4 Å². The van der Waals surface area contributed by atoms with Crippen molar-refractivity contribution in [2.45, 2.75) is 24.9 Å². The Morgan fingerprint density at radius 1 is 1.38 bits per heavy atom. The quantitative estimate of drug-likeness (QED) is 0.795. The summed E-state index contributed by atoms with van der Waals surface area (Å²) in [6.07, 6.45) is 3.37. The summed E-state index contributed by atoms with van der Waals surface area (Å²) in [7, 11) is -1.71. The van der Waals surface area contributed by atoms with Crippen LogP contribution in [0.5, 0.6) is 0 Å². The number of pyridine rings is 1. The minimum atomic E-state index is -3.54. The fourth-order valence-corrected chi connectivity index (χ4v) is 5.49. The third-order valence-corrected chi connectivity index (χ3v) is 6.59. The Bertz CT molecular complexity index is 729. The maximum absolute atomic E-state index is 12.4. The van der Waals surface area contributed by atoms with E-state index in [4.69, 9.17) is 0 Å². The van der Waals surface area contributed by atoms with E-state index in [0.29, 0.717) is 10.3 Å². The van der Waals surface area contributed by atoms with Crippen molar-refractivity contribution in [1.82, 2.24) is 15.0 Å². The van der Waals surface area contributed by atoms with Crippen molar-refractivity contribution < 1.29 is 8.42 Å². The summed E-state index contributed by atoms with van der Waals surface area (Å²) in [5.41, 5.74) is 1.87. The Kier molecular flexibility index (Phi) is 5.50. The highest BCUT2D eigenvalue weighted by Crippen LogP contribution is 2.31. The Labute approximate surface area is 137 Å². The predicted molar refractivity (Wildman–Crippen MR) is 87.8 cm³/mol. The molecule has 0 aliphatic rings. The molecule has 0 amide bonds. The molecule has 0 aliphatic carbocycles. The number of hydrogen-bond donors (Lipinski definition) is 2. The predicted octanol–water partition coefficient (Wildman–Crippen LogP) is 2.41. The van der Waals surface area contributed by atoms with Crippen molar-refractivity contribution >= 4 is 37.3 Å². The second-order valence-corrected chi connectivity index (χ2v) is 8.70. The van der Waals surface area contributed by atoms with E-state index in [0.717, 1.165) is 16.0 Å². The van der Waals surface area contributed by atoms with E-state index >= 15 is 0 Å². The number of aryl methyl sites for hydroxylation is 1. The van der Waals surface area contributed by atoms with E-state index in [-0.39, 0.29) is 11.4 Å². The Morgan fingerprint density at radius 3 is 2.81 bits per heavy atom. The molecule has 0 aromatic carbocycles. The molecule has 0 saturated heterocycles. The van der Waals surface area contributed by atoms with Gasteiger partial charge in [0.1, 0.15) is 4.90 Å². The molecule has 0 aliphatic heterocycles. The molecule has 2 aromatic rings. The van der Waals surface area contributed by atoms with Crippen LogP contribution in [0.3, 0.4) is 0 Å². The summed E-state index contributed by atoms with van der Waals surface area (Å²) in [5.74, 6) is 0. The number of nitrogens with one attached hydrogen (secondary N) is 2. The van der Waals surface area contributed by atoms with Crippen LogP contribution in [0.4, 0.5) is 0 Å². The normalized spacial score (nSPS) is 11.8. The number of hydrogen-bond acceptors (Lipinski definition) is 5. The molecule has 0 atom stereocenters. The Balaban J connectivity index is 2.17. The van der Waals surface area contributed by atoms with Crippen molar-refractivity contribution in [2.24, 2.45) is 0 Å². The first kappa shape index (κ1) is 16.6. The highest BCUT2D eigenvalue weighted by Gasteiger charge is 2.20. The molecule has 114 valence electrons. The zero-order chi connectivity index (χ0) is 15.5. The molecule has 21 heavy (non-hydrogen) atoms. The molecular weight excluding hydrogens is 374 g/mol. The number of nitrogens with zero attached hydrogens (tertiary/aromatic N) is 1. The van der Waals surface area contributed by atoms with Crippen LogP contribution in [0.2, 0.25) is 0 Å². The summed E-state index contributed by atoms with van der Waals surface area (Å²) in [4.78, 5) is 5.24. The molecule has 2 rings (SSSR count). The molecular formula is C13H16BrN3O2S2. The number of halogens is 1. The van der Waals surface area contributed by atoms with Crippen molar-refractivity contribution in [3.63, 3.8) is 0 Å². The van der Waals surface area contributed by atoms with E-state index in [2.05, 4.69) is 31.0 Å². The van der Waals surface area contributed by atoms with Crippen molar-refractivity contribution in [3.05, 3.63) is 44.3 Å². The van der Waals surface area contributed by atoms with Gasteiger partial charge in [0.15, 0.2) is 0 Å². The zero-order valence-electron chi connectivity index (χ0n) is 11.7. The van der Waals surface area contributed by atoms with Gasteiger partial charge in [0.2, 0.25) is 10.0 Å². The highest BCUT2D eigenvalue weighted by atomic mass is 79.9. The van der Waals surface area contributed by atoms with Crippen LogP contribution in [-0.2, 0) is 23.1 Å². The number of sulfonamides is 1. The van der Waals surface area contributed by atoms with Crippen LogP contribution in [0.15, 0.2) is 33.2 Å². The van der Waals surface area contributed by atoms with Crippen molar-refractivity contribution in [1.29, 1.82) is 0 Å². The molecule has 5 nitrogen and oxygen atoms in total. The lowest BCUT2D eigenvalue weighted by molar-refractivity contribution is 0.581. The van der Waals surface area contributed by atoms with Crippen LogP contribution >= 0.6 is 27.3 Å². The van der Waals surface area contributed by atoms with E-state index in [1.54, 1.807) is 18.5 Å². The van der Waals surface area contributed by atoms with E-state index < -0.39 is 10.0 Å². The molecule has 0 saturated carbocycles. The fourth-order valence-electron chi connectivity index (χ4n) is 1.79. The molecule has 2 heterocycles. The maximum Gasteiger partial charge on any atom is 0.242 e. The second kappa shape index (κ2) is 6.97. The summed E-state index contributed by atoms with van der Waals surface area (Å²) in [5, 5.41) is 3.01. The third kappa shape index (κ3) is 4.10. The topological polar surface area (TPSA) is 71.1 Å². The van der Waals surface area contributed by atoms with Gasteiger partial charge in [-0.3, -0.25) is 4.98 Å². The van der Waals surface area contributed by atoms with E-state index in [1.165, 1.54) is 11.3 Å². The second-order valence-electron chi connectivity index (χ2n) is 4.51. The standard InChI is InChI=1S/C13H16BrN3O2S2/c1-9-6-16-4-3-10(9)7-17-21(18,19)12-5-11(8-15-2)20-13(12)14/h3-6,15,17H,7-8H2,1-2H3. The average Bonchev–Trinajstić information content (AvgIpc) is 2.80. The van der Waals surface area contributed by atoms with Gasteiger partial charge in [0.25, 0.3) is 0 Å². The smallest absolute Gasteiger partial charge is 0.242 e. The van der Waals surface area contributed by atoms with Crippen molar-refractivity contribution in [2.75, 3.05) is 7.05 Å². The Hall–Kier alpha value is -0.800. The Morgan fingerprint density at radius 2 is 2.14 bits per heavy atom. The summed E-state index contributed by atoms with van der Waals surface area (Å²) in [6, 6.07) is 3.50. The van der Waals surface area contributed by atoms with Gasteiger partial charge in [0, 0.05) is 30.4 Å². The first-order valence-corrected chi connectivity index (χ1v) is 9.35. The minimum Gasteiger partial charge on any atom is -0.315 e. The molecule has 2 aromatic heterocycles. The lowest BCUT2D eigenvalue weighted by Gasteiger charge is -2.07. The molecule has 0 spiro atoms. The summed E-state index contributed by atoms with van der Waals surface area (Å²) >= 11 is 4.74. The van der Waals surface area contributed by atoms with E-state index in [9.17, 15) is 8.42 Å².